The van der Waals surface area contributed by atoms with Crippen molar-refractivity contribution in [3.8, 4) is 5.75 Å². The van der Waals surface area contributed by atoms with Crippen LogP contribution in [-0.2, 0) is 14.3 Å². The van der Waals surface area contributed by atoms with E-state index in [1.165, 1.54) is 12.1 Å². The molecule has 0 amide bonds. The van der Waals surface area contributed by atoms with Crippen LogP contribution in [0.15, 0.2) is 54.6 Å². The number of carbonyl (C=O) groups excluding carboxylic acids is 3. The number of esters is 2. The quantitative estimate of drug-likeness (QED) is 0.235. The Labute approximate surface area is 162 Å². The summed E-state index contributed by atoms with van der Waals surface area (Å²) >= 11 is 0. The van der Waals surface area contributed by atoms with Crippen molar-refractivity contribution < 1.29 is 23.9 Å². The van der Waals surface area contributed by atoms with Gasteiger partial charge in [-0.15, -0.1) is 12.4 Å². The van der Waals surface area contributed by atoms with Crippen molar-refractivity contribution in [2.24, 2.45) is 5.73 Å². The van der Waals surface area contributed by atoms with Gasteiger partial charge in [0.2, 0.25) is 0 Å². The molecule has 2 aromatic rings. The van der Waals surface area contributed by atoms with Crippen LogP contribution in [-0.4, -0.2) is 30.2 Å². The molecular formula is C19H19ClN2O5. The van der Waals surface area contributed by atoms with Gasteiger partial charge in [-0.2, -0.15) is 0 Å². The average molecular weight is 391 g/mol. The summed E-state index contributed by atoms with van der Waals surface area (Å²) in [4.78, 5) is 35.2. The summed E-state index contributed by atoms with van der Waals surface area (Å²) in [6.45, 7) is -0.393. The predicted molar refractivity (Wildman–Crippen MR) is 101 cm³/mol. The first-order valence-corrected chi connectivity index (χ1v) is 7.84. The van der Waals surface area contributed by atoms with E-state index in [9.17, 15) is 14.4 Å². The lowest BCUT2D eigenvalue weighted by atomic mass is 10.0. The summed E-state index contributed by atoms with van der Waals surface area (Å²) in [5, 5.41) is 7.29. The largest absolute Gasteiger partial charge is 0.482 e. The number of Topliss-reactive ketones (excluding diaryl/α,β-unsaturated/α-hetero) is 1. The molecule has 0 aromatic heterocycles. The Morgan fingerprint density at radius 3 is 2.04 bits per heavy atom. The molecule has 0 fully saturated rings. The number of benzene rings is 2. The number of halogens is 1. The van der Waals surface area contributed by atoms with Crippen LogP contribution in [0.4, 0.5) is 0 Å². The predicted octanol–water partition coefficient (Wildman–Crippen LogP) is 2.50. The van der Waals surface area contributed by atoms with Gasteiger partial charge >= 0.3 is 11.9 Å². The lowest BCUT2D eigenvalue weighted by molar-refractivity contribution is -0.161. The number of para-hydroxylation sites is 1. The van der Waals surface area contributed by atoms with Gasteiger partial charge in [0.15, 0.2) is 12.4 Å². The Morgan fingerprint density at radius 2 is 1.44 bits per heavy atom. The van der Waals surface area contributed by atoms with Gasteiger partial charge in [-0.05, 0) is 12.1 Å². The van der Waals surface area contributed by atoms with Crippen molar-refractivity contribution in [3.05, 3.63) is 65.7 Å². The van der Waals surface area contributed by atoms with E-state index >= 15 is 0 Å². The molecule has 0 heterocycles. The molecule has 0 saturated carbocycles. The van der Waals surface area contributed by atoms with E-state index in [4.69, 9.17) is 15.9 Å². The second-order valence-electron chi connectivity index (χ2n) is 5.36. The molecule has 0 unspecified atom stereocenters. The van der Waals surface area contributed by atoms with Gasteiger partial charge in [-0.3, -0.25) is 15.0 Å². The van der Waals surface area contributed by atoms with Crippen molar-refractivity contribution >= 4 is 36.0 Å². The molecule has 0 aliphatic rings. The second kappa shape index (κ2) is 10.7. The number of ether oxygens (including phenoxy) is 2. The highest BCUT2D eigenvalue weighted by atomic mass is 35.5. The summed E-state index contributed by atoms with van der Waals surface area (Å²) < 4.78 is 9.78. The Bertz CT molecular complexity index is 807. The molecular weight excluding hydrogens is 372 g/mol. The smallest absolute Gasteiger partial charge is 0.351 e. The maximum absolute atomic E-state index is 12.0. The number of hydrogen-bond acceptors (Lipinski definition) is 6. The highest BCUT2D eigenvalue weighted by Crippen LogP contribution is 2.10. The van der Waals surface area contributed by atoms with Gasteiger partial charge in [0, 0.05) is 17.5 Å². The van der Waals surface area contributed by atoms with E-state index in [-0.39, 0.29) is 36.9 Å². The monoisotopic (exact) mass is 390 g/mol. The number of carbonyl (C=O) groups is 3. The van der Waals surface area contributed by atoms with Crippen LogP contribution in [0.1, 0.15) is 28.8 Å². The summed E-state index contributed by atoms with van der Waals surface area (Å²) in [6, 6.07) is 14.8. The van der Waals surface area contributed by atoms with Gasteiger partial charge in [-0.25, -0.2) is 4.79 Å². The fourth-order valence-electron chi connectivity index (χ4n) is 2.06. The molecule has 0 radical (unpaired) electrons. The van der Waals surface area contributed by atoms with Crippen LogP contribution >= 0.6 is 12.4 Å². The maximum atomic E-state index is 12.0. The highest BCUT2D eigenvalue weighted by molar-refractivity contribution is 6.00. The first-order chi connectivity index (χ1) is 12.5. The molecule has 0 aliphatic heterocycles. The third kappa shape index (κ3) is 7.29. The first kappa shape index (κ1) is 21.9. The Morgan fingerprint density at radius 1 is 0.852 bits per heavy atom. The minimum Gasteiger partial charge on any atom is -0.482 e. The summed E-state index contributed by atoms with van der Waals surface area (Å²) in [5.41, 5.74) is 6.24. The molecule has 7 nitrogen and oxygen atoms in total. The van der Waals surface area contributed by atoms with Crippen LogP contribution in [0.3, 0.4) is 0 Å². The number of nitrogens with two attached hydrogens (primary N) is 1. The molecule has 0 saturated heterocycles. The minimum absolute atomic E-state index is 0. The maximum Gasteiger partial charge on any atom is 0.351 e. The summed E-state index contributed by atoms with van der Waals surface area (Å²) in [6.07, 6.45) is -0.310. The van der Waals surface area contributed by atoms with Crippen molar-refractivity contribution in [1.29, 1.82) is 5.41 Å². The van der Waals surface area contributed by atoms with Crippen LogP contribution < -0.4 is 10.5 Å². The zero-order valence-electron chi connectivity index (χ0n) is 14.3. The zero-order chi connectivity index (χ0) is 18.9. The van der Waals surface area contributed by atoms with Crippen LogP contribution in [0, 0.1) is 5.41 Å². The van der Waals surface area contributed by atoms with E-state index in [1.54, 1.807) is 42.5 Å². The topological polar surface area (TPSA) is 120 Å². The summed E-state index contributed by atoms with van der Waals surface area (Å²) in [7, 11) is 0. The number of hydrogen-bond donors (Lipinski definition) is 2. The molecule has 0 spiro atoms. The van der Waals surface area contributed by atoms with Crippen LogP contribution in [0.5, 0.6) is 5.75 Å². The van der Waals surface area contributed by atoms with E-state index < -0.39 is 18.5 Å². The zero-order valence-corrected chi connectivity index (χ0v) is 15.2. The third-order valence-electron chi connectivity index (χ3n) is 3.40. The molecule has 0 atom stereocenters. The highest BCUT2D eigenvalue weighted by Gasteiger charge is 2.14. The molecule has 0 bridgehead atoms. The molecule has 2 rings (SSSR count). The Kier molecular flexibility index (Phi) is 8.68. The molecule has 27 heavy (non-hydrogen) atoms. The number of ketones is 1. The molecule has 0 aliphatic carbocycles. The summed E-state index contributed by atoms with van der Waals surface area (Å²) in [5.74, 6) is -1.49. The SMILES string of the molecule is Cl.N=C(N)c1ccc(C(=O)CCC(=O)OC(=O)COc2ccccc2)cc1. The standard InChI is InChI=1S/C19H18N2O5.ClH/c20-19(21)14-8-6-13(7-9-14)16(22)10-11-17(23)26-18(24)12-25-15-4-2-1-3-5-15;/h1-9H,10-12H2,(H3,20,21);1H. The van der Waals surface area contributed by atoms with E-state index in [0.717, 1.165) is 0 Å². The van der Waals surface area contributed by atoms with Gasteiger partial charge in [0.1, 0.15) is 11.6 Å². The van der Waals surface area contributed by atoms with Gasteiger partial charge < -0.3 is 15.2 Å². The van der Waals surface area contributed by atoms with E-state index in [1.807, 2.05) is 0 Å². The number of nitrogens with one attached hydrogen (secondary N) is 1. The van der Waals surface area contributed by atoms with E-state index in [0.29, 0.717) is 16.9 Å². The van der Waals surface area contributed by atoms with Crippen molar-refractivity contribution in [2.45, 2.75) is 12.8 Å². The number of rotatable bonds is 8. The Hall–Kier alpha value is -3.19. The van der Waals surface area contributed by atoms with Gasteiger partial charge in [0.25, 0.3) is 0 Å². The average Bonchev–Trinajstić information content (AvgIpc) is 2.65. The van der Waals surface area contributed by atoms with Crippen molar-refractivity contribution in [2.75, 3.05) is 6.61 Å². The van der Waals surface area contributed by atoms with Gasteiger partial charge in [-0.1, -0.05) is 42.5 Å². The third-order valence-corrected chi connectivity index (χ3v) is 3.40. The van der Waals surface area contributed by atoms with Crippen LogP contribution in [0.25, 0.3) is 0 Å². The molecule has 142 valence electrons. The fourth-order valence-corrected chi connectivity index (χ4v) is 2.06. The minimum atomic E-state index is -0.822. The van der Waals surface area contributed by atoms with Crippen LogP contribution in [0.2, 0.25) is 0 Å². The van der Waals surface area contributed by atoms with Crippen molar-refractivity contribution in [1.82, 2.24) is 0 Å². The van der Waals surface area contributed by atoms with Gasteiger partial charge in [0.05, 0.1) is 6.42 Å². The normalized spacial score (nSPS) is 9.63. The second-order valence-corrected chi connectivity index (χ2v) is 5.36. The Balaban J connectivity index is 0.00000364. The first-order valence-electron chi connectivity index (χ1n) is 7.84. The van der Waals surface area contributed by atoms with E-state index in [2.05, 4.69) is 4.74 Å². The van der Waals surface area contributed by atoms with Crippen molar-refractivity contribution in [3.63, 3.8) is 0 Å². The molecule has 2 aromatic carbocycles. The number of nitrogen functional groups attached to an aromatic ring is 1. The molecule has 3 N–H and O–H groups in total. The molecule has 8 heteroatoms. The fraction of sp³-hybridized carbons (Fsp3) is 0.158. The lowest BCUT2D eigenvalue weighted by Gasteiger charge is -2.06. The number of amidine groups is 1. The lowest BCUT2D eigenvalue weighted by Crippen LogP contribution is -2.19.